The maximum Gasteiger partial charge on any atom is 0.133 e. The molecule has 6 nitrogen and oxygen atoms in total. The minimum absolute atomic E-state index is 0.348. The summed E-state index contributed by atoms with van der Waals surface area (Å²) < 4.78 is 0. The third-order valence-electron chi connectivity index (χ3n) is 6.58. The molecular formula is C27H37ClN6. The Kier molecular flexibility index (Phi) is 8.75. The first-order valence-corrected chi connectivity index (χ1v) is 12.3. The number of nitrogens with zero attached hydrogens (tertiary/aromatic N) is 2. The third kappa shape index (κ3) is 5.80. The zero-order valence-corrected chi connectivity index (χ0v) is 21.5. The van der Waals surface area contributed by atoms with E-state index in [2.05, 4.69) is 58.6 Å². The maximum atomic E-state index is 9.01. The van der Waals surface area contributed by atoms with Crippen LogP contribution in [0, 0.1) is 11.3 Å². The molecule has 0 amide bonds. The molecule has 3 heterocycles. The zero-order valence-electron chi connectivity index (χ0n) is 20.8. The first kappa shape index (κ1) is 25.8. The molecule has 1 fully saturated rings. The second-order valence-electron chi connectivity index (χ2n) is 8.94. The fourth-order valence-electron chi connectivity index (χ4n) is 4.36. The van der Waals surface area contributed by atoms with E-state index in [-0.39, 0.29) is 0 Å². The Hall–Kier alpha value is -2.83. The van der Waals surface area contributed by atoms with E-state index in [1.807, 2.05) is 32.2 Å². The van der Waals surface area contributed by atoms with Crippen LogP contribution >= 0.6 is 11.6 Å². The molecule has 0 aliphatic carbocycles. The van der Waals surface area contributed by atoms with Gasteiger partial charge in [0.05, 0.1) is 15.9 Å². The van der Waals surface area contributed by atoms with Gasteiger partial charge in [-0.3, -0.25) is 10.4 Å². The second-order valence-corrected chi connectivity index (χ2v) is 9.32. The van der Waals surface area contributed by atoms with Crippen LogP contribution in [0.4, 0.5) is 5.82 Å². The molecule has 3 rings (SSSR count). The van der Waals surface area contributed by atoms with Crippen molar-refractivity contribution in [1.82, 2.24) is 20.2 Å². The summed E-state index contributed by atoms with van der Waals surface area (Å²) in [5, 5.41) is 18.2. The molecule has 0 saturated carbocycles. The van der Waals surface area contributed by atoms with Gasteiger partial charge in [-0.05, 0) is 55.7 Å². The molecule has 4 N–H and O–H groups in total. The van der Waals surface area contributed by atoms with E-state index in [4.69, 9.17) is 17.0 Å². The average molecular weight is 481 g/mol. The Bertz CT molecular complexity index is 1180. The van der Waals surface area contributed by atoms with Crippen molar-refractivity contribution in [2.45, 2.75) is 46.1 Å². The molecule has 1 aliphatic heterocycles. The molecule has 2 aromatic rings. The number of hydrogen-bond donors (Lipinski definition) is 4. The summed E-state index contributed by atoms with van der Waals surface area (Å²) in [6, 6.07) is 4.18. The Morgan fingerprint density at radius 2 is 2.21 bits per heavy atom. The van der Waals surface area contributed by atoms with Crippen LogP contribution in [0.15, 0.2) is 42.3 Å². The van der Waals surface area contributed by atoms with Crippen LogP contribution in [-0.2, 0) is 6.42 Å². The lowest BCUT2D eigenvalue weighted by molar-refractivity contribution is 0.221. The summed E-state index contributed by atoms with van der Waals surface area (Å²) >= 11 is 6.77. The van der Waals surface area contributed by atoms with E-state index in [1.165, 1.54) is 0 Å². The molecule has 0 radical (unpaired) electrons. The van der Waals surface area contributed by atoms with Crippen molar-refractivity contribution < 1.29 is 0 Å². The zero-order chi connectivity index (χ0) is 24.8. The van der Waals surface area contributed by atoms with Gasteiger partial charge in [0.25, 0.3) is 0 Å². The average Bonchev–Trinajstić information content (AvgIpc) is 3.14. The van der Waals surface area contributed by atoms with Crippen LogP contribution in [0.2, 0.25) is 5.02 Å². The second kappa shape index (κ2) is 11.5. The molecule has 0 spiro atoms. The van der Waals surface area contributed by atoms with E-state index in [0.717, 1.165) is 59.3 Å². The van der Waals surface area contributed by atoms with Crippen molar-refractivity contribution in [3.05, 3.63) is 69.1 Å². The number of hydrogen-bond acceptors (Lipinski definition) is 4. The molecule has 0 unspecified atom stereocenters. The molecule has 1 saturated heterocycles. The van der Waals surface area contributed by atoms with Gasteiger partial charge < -0.3 is 20.5 Å². The largest absolute Gasteiger partial charge is 0.355 e. The van der Waals surface area contributed by atoms with Crippen molar-refractivity contribution in [2.75, 3.05) is 25.5 Å². The highest BCUT2D eigenvalue weighted by Crippen LogP contribution is 2.32. The number of halogens is 1. The lowest BCUT2D eigenvalue weighted by atomic mass is 9.93. The number of rotatable bonds is 8. The number of aromatic nitrogens is 2. The van der Waals surface area contributed by atoms with Crippen LogP contribution in [0.25, 0.3) is 12.7 Å². The number of likely N-dealkylation sites (N-methyl/N-ethyl adjacent to an activating group) is 1. The molecular weight excluding hydrogens is 444 g/mol. The predicted octanol–water partition coefficient (Wildman–Crippen LogP) is 4.03. The highest BCUT2D eigenvalue weighted by Gasteiger charge is 2.30. The number of allylic oxidation sites excluding steroid dienone is 2. The fourth-order valence-corrected chi connectivity index (χ4v) is 4.72. The first-order chi connectivity index (χ1) is 16.3. The van der Waals surface area contributed by atoms with Gasteiger partial charge in [-0.1, -0.05) is 50.7 Å². The van der Waals surface area contributed by atoms with Crippen LogP contribution in [-0.4, -0.2) is 46.9 Å². The molecule has 2 aromatic heterocycles. The van der Waals surface area contributed by atoms with E-state index >= 15 is 0 Å². The standard InChI is InChI=1S/C27H37ClN6/c1-7-20(15-22-17(3)10-9-12-31-22)14-19(5)32-27-24(25(28)21(8-2)33-27)26(29)34-13-11-18(4)23(16-34)30-6/h7,9-10,12,15,18,23,29-30,32-33H,3,5,8,11,13-14,16H2,1-2,4,6H3/b20-7-,22-15+,29-26?/t18-,23+/m1/s1. The lowest BCUT2D eigenvalue weighted by Gasteiger charge is -2.38. The summed E-state index contributed by atoms with van der Waals surface area (Å²) in [6.07, 6.45) is 8.25. The van der Waals surface area contributed by atoms with Gasteiger partial charge in [0.15, 0.2) is 0 Å². The van der Waals surface area contributed by atoms with Crippen molar-refractivity contribution in [2.24, 2.45) is 5.92 Å². The van der Waals surface area contributed by atoms with Gasteiger partial charge in [-0.15, -0.1) is 0 Å². The summed E-state index contributed by atoms with van der Waals surface area (Å²) in [4.78, 5) is 9.93. The predicted molar refractivity (Wildman–Crippen MR) is 145 cm³/mol. The van der Waals surface area contributed by atoms with Gasteiger partial charge >= 0.3 is 0 Å². The number of aryl methyl sites for hydroxylation is 1. The molecule has 1 aliphatic rings. The first-order valence-electron chi connectivity index (χ1n) is 11.9. The Labute approximate surface area is 208 Å². The quantitative estimate of drug-likeness (QED) is 0.339. The lowest BCUT2D eigenvalue weighted by Crippen LogP contribution is -2.51. The summed E-state index contributed by atoms with van der Waals surface area (Å²) in [7, 11) is 1.99. The fraction of sp³-hybridized carbons (Fsp3) is 0.407. The van der Waals surface area contributed by atoms with Crippen LogP contribution in [0.1, 0.15) is 44.9 Å². The number of pyridine rings is 1. The molecule has 0 bridgehead atoms. The molecule has 34 heavy (non-hydrogen) atoms. The number of aromatic amines is 1. The molecule has 182 valence electrons. The van der Waals surface area contributed by atoms with Gasteiger partial charge in [-0.2, -0.15) is 0 Å². The van der Waals surface area contributed by atoms with E-state index in [1.54, 1.807) is 6.20 Å². The van der Waals surface area contributed by atoms with Crippen LogP contribution in [0.3, 0.4) is 0 Å². The van der Waals surface area contributed by atoms with Gasteiger partial charge in [0.2, 0.25) is 0 Å². The maximum absolute atomic E-state index is 9.01. The van der Waals surface area contributed by atoms with Gasteiger partial charge in [0, 0.05) is 43.1 Å². The van der Waals surface area contributed by atoms with Crippen LogP contribution in [0.5, 0.6) is 0 Å². The normalized spacial score (nSPS) is 19.4. The SMILES string of the molecule is C=C(CC(=C/C)/C=c1/ncccc1=C)Nc1[nH]c(CC)c(Cl)c1C(=N)N1CC[C@@H](C)[C@@H](NC)C1. The van der Waals surface area contributed by atoms with E-state index in [9.17, 15) is 0 Å². The van der Waals surface area contributed by atoms with Gasteiger partial charge in [0.1, 0.15) is 11.7 Å². The minimum Gasteiger partial charge on any atom is -0.355 e. The van der Waals surface area contributed by atoms with Crippen molar-refractivity contribution in [3.8, 4) is 0 Å². The smallest absolute Gasteiger partial charge is 0.133 e. The summed E-state index contributed by atoms with van der Waals surface area (Å²) in [6.45, 7) is 16.3. The Morgan fingerprint density at radius 3 is 2.85 bits per heavy atom. The number of H-pyrrole nitrogens is 1. The highest BCUT2D eigenvalue weighted by molar-refractivity contribution is 6.35. The minimum atomic E-state index is 0.348. The topological polar surface area (TPSA) is 79.8 Å². The van der Waals surface area contributed by atoms with E-state index < -0.39 is 0 Å². The van der Waals surface area contributed by atoms with E-state index in [0.29, 0.717) is 34.8 Å². The molecule has 2 atom stereocenters. The van der Waals surface area contributed by atoms with Crippen LogP contribution < -0.4 is 21.2 Å². The Morgan fingerprint density at radius 1 is 1.44 bits per heavy atom. The molecule has 0 aromatic carbocycles. The van der Waals surface area contributed by atoms with Crippen molar-refractivity contribution in [3.63, 3.8) is 0 Å². The number of likely N-dealkylation sites (tertiary alicyclic amines) is 1. The number of amidine groups is 1. The highest BCUT2D eigenvalue weighted by atomic mass is 35.5. The number of anilines is 1. The van der Waals surface area contributed by atoms with Gasteiger partial charge in [-0.25, -0.2) is 0 Å². The van der Waals surface area contributed by atoms with Crippen molar-refractivity contribution in [1.29, 1.82) is 5.41 Å². The monoisotopic (exact) mass is 480 g/mol. The number of piperidine rings is 1. The summed E-state index contributed by atoms with van der Waals surface area (Å²) in [5.41, 5.74) is 3.51. The third-order valence-corrected chi connectivity index (χ3v) is 7.00. The number of nitrogens with one attached hydrogen (secondary N) is 4. The van der Waals surface area contributed by atoms with Crippen molar-refractivity contribution >= 4 is 35.9 Å². The molecule has 7 heteroatoms. The Balaban J connectivity index is 1.83. The summed E-state index contributed by atoms with van der Waals surface area (Å²) in [5.74, 6) is 1.74.